The van der Waals surface area contributed by atoms with Gasteiger partial charge in [-0.1, -0.05) is 17.7 Å². The first kappa shape index (κ1) is 17.6. The van der Waals surface area contributed by atoms with Crippen molar-refractivity contribution < 1.29 is 9.53 Å². The van der Waals surface area contributed by atoms with Crippen molar-refractivity contribution in [2.24, 2.45) is 0 Å². The van der Waals surface area contributed by atoms with Gasteiger partial charge < -0.3 is 14.6 Å². The van der Waals surface area contributed by atoms with Crippen LogP contribution < -0.4 is 4.74 Å². The van der Waals surface area contributed by atoms with Crippen LogP contribution in [0.25, 0.3) is 11.0 Å². The minimum Gasteiger partial charge on any atom is -0.497 e. The molecule has 0 aliphatic carbocycles. The molecule has 0 unspecified atom stereocenters. The average Bonchev–Trinajstić information content (AvgIpc) is 2.98. The SMILES string of the molecule is COc1cccc(C(=O)N2CCc3[nH]c4ncc(Cl)cc4c3C2)c1.Cl. The molecule has 1 amide bonds. The molecule has 5 nitrogen and oxygen atoms in total. The summed E-state index contributed by atoms with van der Waals surface area (Å²) in [6.07, 6.45) is 2.41. The second kappa shape index (κ2) is 6.94. The lowest BCUT2D eigenvalue weighted by Gasteiger charge is -2.27. The molecular weight excluding hydrogens is 361 g/mol. The third kappa shape index (κ3) is 3.17. The van der Waals surface area contributed by atoms with Gasteiger partial charge in [-0.25, -0.2) is 4.98 Å². The molecule has 2 aromatic heterocycles. The van der Waals surface area contributed by atoms with Crippen LogP contribution in [0, 0.1) is 0 Å². The number of ether oxygens (including phenoxy) is 1. The second-order valence-corrected chi connectivity index (χ2v) is 6.28. The minimum absolute atomic E-state index is 0. The average molecular weight is 378 g/mol. The van der Waals surface area contributed by atoms with Crippen molar-refractivity contribution in [3.63, 3.8) is 0 Å². The molecule has 0 atom stereocenters. The number of benzene rings is 1. The van der Waals surface area contributed by atoms with Crippen molar-refractivity contribution in [2.75, 3.05) is 13.7 Å². The summed E-state index contributed by atoms with van der Waals surface area (Å²) in [4.78, 5) is 22.3. The Morgan fingerprint density at radius 3 is 3.00 bits per heavy atom. The Morgan fingerprint density at radius 1 is 1.36 bits per heavy atom. The molecule has 4 rings (SSSR count). The van der Waals surface area contributed by atoms with Crippen LogP contribution in [0.1, 0.15) is 21.6 Å². The summed E-state index contributed by atoms with van der Waals surface area (Å²) in [5.74, 6) is 0.686. The quantitative estimate of drug-likeness (QED) is 0.737. The first-order valence-electron chi connectivity index (χ1n) is 7.74. The first-order chi connectivity index (χ1) is 11.7. The zero-order valence-corrected chi connectivity index (χ0v) is 15.2. The third-order valence-electron chi connectivity index (χ3n) is 4.40. The zero-order chi connectivity index (χ0) is 16.7. The van der Waals surface area contributed by atoms with Gasteiger partial charge in [-0.3, -0.25) is 4.79 Å². The number of aromatic amines is 1. The van der Waals surface area contributed by atoms with Crippen LogP contribution in [0.15, 0.2) is 36.5 Å². The lowest BCUT2D eigenvalue weighted by atomic mass is 10.0. The zero-order valence-electron chi connectivity index (χ0n) is 13.6. The van der Waals surface area contributed by atoms with E-state index >= 15 is 0 Å². The van der Waals surface area contributed by atoms with Gasteiger partial charge in [0.05, 0.1) is 12.1 Å². The minimum atomic E-state index is 0. The van der Waals surface area contributed by atoms with E-state index in [-0.39, 0.29) is 18.3 Å². The summed E-state index contributed by atoms with van der Waals surface area (Å²) in [5, 5.41) is 1.58. The first-order valence-corrected chi connectivity index (χ1v) is 8.12. The van der Waals surface area contributed by atoms with Gasteiger partial charge in [0.15, 0.2) is 0 Å². The molecular formula is C18H17Cl2N3O2. The van der Waals surface area contributed by atoms with Gasteiger partial charge in [-0.2, -0.15) is 0 Å². The lowest BCUT2D eigenvalue weighted by molar-refractivity contribution is 0.0734. The molecule has 0 radical (unpaired) electrons. The van der Waals surface area contributed by atoms with Crippen molar-refractivity contribution in [2.45, 2.75) is 13.0 Å². The Balaban J connectivity index is 0.00000182. The molecule has 1 N–H and O–H groups in total. The molecule has 3 aromatic rings. The number of hydrogen-bond acceptors (Lipinski definition) is 3. The molecule has 0 saturated carbocycles. The van der Waals surface area contributed by atoms with Crippen molar-refractivity contribution in [1.82, 2.24) is 14.9 Å². The lowest BCUT2D eigenvalue weighted by Crippen LogP contribution is -2.35. The summed E-state index contributed by atoms with van der Waals surface area (Å²) < 4.78 is 5.21. The Morgan fingerprint density at radius 2 is 2.20 bits per heavy atom. The molecule has 3 heterocycles. The number of carbonyl (C=O) groups excluding carboxylic acids is 1. The van der Waals surface area contributed by atoms with E-state index in [1.165, 1.54) is 0 Å². The summed E-state index contributed by atoms with van der Waals surface area (Å²) >= 11 is 6.08. The fourth-order valence-electron chi connectivity index (χ4n) is 3.17. The number of rotatable bonds is 2. The Kier molecular flexibility index (Phi) is 4.88. The second-order valence-electron chi connectivity index (χ2n) is 5.84. The molecule has 7 heteroatoms. The number of fused-ring (bicyclic) bond motifs is 3. The van der Waals surface area contributed by atoms with Gasteiger partial charge in [0.25, 0.3) is 5.91 Å². The van der Waals surface area contributed by atoms with E-state index in [2.05, 4.69) is 9.97 Å². The van der Waals surface area contributed by atoms with E-state index in [0.717, 1.165) is 28.7 Å². The highest BCUT2D eigenvalue weighted by molar-refractivity contribution is 6.31. The van der Waals surface area contributed by atoms with E-state index in [1.807, 2.05) is 29.2 Å². The number of H-pyrrole nitrogens is 1. The Bertz CT molecular complexity index is 939. The number of methoxy groups -OCH3 is 1. The molecule has 0 saturated heterocycles. The number of pyridine rings is 1. The number of aromatic nitrogens is 2. The van der Waals surface area contributed by atoms with E-state index in [9.17, 15) is 4.79 Å². The summed E-state index contributed by atoms with van der Waals surface area (Å²) in [6, 6.07) is 9.15. The summed E-state index contributed by atoms with van der Waals surface area (Å²) in [5.41, 5.74) is 3.69. The molecule has 1 aromatic carbocycles. The topological polar surface area (TPSA) is 58.2 Å². The van der Waals surface area contributed by atoms with Crippen LogP contribution in [0.2, 0.25) is 5.02 Å². The monoisotopic (exact) mass is 377 g/mol. The number of amides is 1. The molecule has 25 heavy (non-hydrogen) atoms. The summed E-state index contributed by atoms with van der Waals surface area (Å²) in [7, 11) is 1.60. The number of nitrogens with one attached hydrogen (secondary N) is 1. The number of halogens is 2. The van der Waals surface area contributed by atoms with Gasteiger partial charge in [-0.05, 0) is 24.3 Å². The predicted molar refractivity (Wildman–Crippen MR) is 99.8 cm³/mol. The molecule has 0 spiro atoms. The van der Waals surface area contributed by atoms with Gasteiger partial charge >= 0.3 is 0 Å². The molecule has 130 valence electrons. The van der Waals surface area contributed by atoms with E-state index in [0.29, 0.717) is 29.4 Å². The van der Waals surface area contributed by atoms with E-state index in [1.54, 1.807) is 19.4 Å². The van der Waals surface area contributed by atoms with Crippen LogP contribution in [0.4, 0.5) is 0 Å². The van der Waals surface area contributed by atoms with E-state index in [4.69, 9.17) is 16.3 Å². The largest absolute Gasteiger partial charge is 0.497 e. The smallest absolute Gasteiger partial charge is 0.254 e. The predicted octanol–water partition coefficient (Wildman–Crippen LogP) is 3.85. The third-order valence-corrected chi connectivity index (χ3v) is 4.60. The highest BCUT2D eigenvalue weighted by Gasteiger charge is 2.25. The van der Waals surface area contributed by atoms with Crippen LogP contribution in [-0.4, -0.2) is 34.4 Å². The normalized spacial score (nSPS) is 13.3. The Labute approximate surface area is 156 Å². The standard InChI is InChI=1S/C18H16ClN3O2.ClH/c1-24-13-4-2-3-11(7-13)18(23)22-6-5-16-15(10-22)14-8-12(19)9-20-17(14)21-16;/h2-4,7-9H,5-6,10H2,1H3,(H,20,21);1H. The maximum absolute atomic E-state index is 12.8. The van der Waals surface area contributed by atoms with Crippen LogP contribution in [0.5, 0.6) is 5.75 Å². The van der Waals surface area contributed by atoms with E-state index < -0.39 is 0 Å². The fourth-order valence-corrected chi connectivity index (χ4v) is 3.33. The van der Waals surface area contributed by atoms with Gasteiger partial charge in [0.1, 0.15) is 11.4 Å². The molecule has 1 aliphatic heterocycles. The maximum Gasteiger partial charge on any atom is 0.254 e. The van der Waals surface area contributed by atoms with Crippen LogP contribution in [0.3, 0.4) is 0 Å². The molecule has 0 fully saturated rings. The van der Waals surface area contributed by atoms with Crippen molar-refractivity contribution >= 4 is 40.9 Å². The van der Waals surface area contributed by atoms with Crippen molar-refractivity contribution in [1.29, 1.82) is 0 Å². The fraction of sp³-hybridized carbons (Fsp3) is 0.222. The van der Waals surface area contributed by atoms with Gasteiger partial charge in [0.2, 0.25) is 0 Å². The number of carbonyl (C=O) groups is 1. The van der Waals surface area contributed by atoms with Gasteiger partial charge in [0, 0.05) is 47.9 Å². The highest BCUT2D eigenvalue weighted by atomic mass is 35.5. The van der Waals surface area contributed by atoms with Crippen molar-refractivity contribution in [3.05, 3.63) is 58.4 Å². The number of hydrogen-bond donors (Lipinski definition) is 1. The highest BCUT2D eigenvalue weighted by Crippen LogP contribution is 2.29. The number of nitrogens with zero attached hydrogens (tertiary/aromatic N) is 2. The van der Waals surface area contributed by atoms with Gasteiger partial charge in [-0.15, -0.1) is 12.4 Å². The van der Waals surface area contributed by atoms with Crippen molar-refractivity contribution in [3.8, 4) is 5.75 Å². The molecule has 0 bridgehead atoms. The summed E-state index contributed by atoms with van der Waals surface area (Å²) in [6.45, 7) is 1.22. The van der Waals surface area contributed by atoms with Crippen LogP contribution >= 0.6 is 24.0 Å². The maximum atomic E-state index is 12.8. The van der Waals surface area contributed by atoms with Crippen LogP contribution in [-0.2, 0) is 13.0 Å². The Hall–Kier alpha value is -2.24. The molecule has 1 aliphatic rings.